The molecular weight excluding hydrogens is 362 g/mol. The molecule has 27 heavy (non-hydrogen) atoms. The van der Waals surface area contributed by atoms with E-state index in [9.17, 15) is 9.59 Å². The molecule has 2 aromatic rings. The minimum absolute atomic E-state index is 0.147. The molecule has 1 aromatic carbocycles. The number of aromatic nitrogens is 1. The van der Waals surface area contributed by atoms with Crippen molar-refractivity contribution in [1.29, 1.82) is 0 Å². The number of amides is 4. The number of urea groups is 2. The third-order valence-electron chi connectivity index (χ3n) is 4.33. The Labute approximate surface area is 163 Å². The van der Waals surface area contributed by atoms with Crippen LogP contribution in [0.5, 0.6) is 0 Å². The Balaban J connectivity index is 1.49. The van der Waals surface area contributed by atoms with E-state index in [0.717, 1.165) is 34.8 Å². The van der Waals surface area contributed by atoms with Crippen LogP contribution in [0, 0.1) is 6.92 Å². The first-order valence-corrected chi connectivity index (χ1v) is 9.89. The molecule has 1 fully saturated rings. The molecule has 0 aliphatic heterocycles. The van der Waals surface area contributed by atoms with Crippen molar-refractivity contribution in [2.24, 2.45) is 0 Å². The number of thiazole rings is 1. The van der Waals surface area contributed by atoms with Gasteiger partial charge in [-0.1, -0.05) is 12.1 Å². The number of hydrogen-bond donors (Lipinski definition) is 3. The molecule has 7 nitrogen and oxygen atoms in total. The van der Waals surface area contributed by atoms with Crippen molar-refractivity contribution in [2.45, 2.75) is 45.3 Å². The summed E-state index contributed by atoms with van der Waals surface area (Å²) < 4.78 is 0. The summed E-state index contributed by atoms with van der Waals surface area (Å²) in [6.45, 7) is 4.35. The Kier molecular flexibility index (Phi) is 5.95. The van der Waals surface area contributed by atoms with Gasteiger partial charge in [0.15, 0.2) is 0 Å². The average molecular weight is 388 g/mol. The molecule has 3 rings (SSSR count). The molecule has 4 amide bonds. The van der Waals surface area contributed by atoms with Gasteiger partial charge in [-0.05, 0) is 44.4 Å². The summed E-state index contributed by atoms with van der Waals surface area (Å²) in [5.41, 5.74) is 2.59. The molecule has 0 spiro atoms. The van der Waals surface area contributed by atoms with Gasteiger partial charge in [-0.2, -0.15) is 0 Å². The first-order chi connectivity index (χ1) is 12.9. The summed E-state index contributed by atoms with van der Waals surface area (Å²) >= 11 is 1.58. The van der Waals surface area contributed by atoms with Gasteiger partial charge in [0, 0.05) is 24.2 Å². The molecule has 1 atom stereocenters. The van der Waals surface area contributed by atoms with E-state index in [1.807, 2.05) is 43.5 Å². The number of nitrogens with one attached hydrogen (secondary N) is 3. The van der Waals surface area contributed by atoms with Gasteiger partial charge >= 0.3 is 12.1 Å². The molecule has 1 heterocycles. The fourth-order valence-corrected chi connectivity index (χ4v) is 3.21. The number of nitrogens with zero attached hydrogens (tertiary/aromatic N) is 2. The summed E-state index contributed by atoms with van der Waals surface area (Å²) in [5, 5.41) is 11.6. The van der Waals surface area contributed by atoms with Crippen molar-refractivity contribution in [1.82, 2.24) is 20.5 Å². The molecule has 144 valence electrons. The van der Waals surface area contributed by atoms with Crippen molar-refractivity contribution in [3.05, 3.63) is 45.9 Å². The summed E-state index contributed by atoms with van der Waals surface area (Å²) in [6, 6.07) is 7.34. The van der Waals surface area contributed by atoms with Crippen molar-refractivity contribution >= 4 is 29.1 Å². The SMILES string of the molecule is Cc1nc(CN(C)C(=O)NC(C)c2ccc(NC(=O)NC3CC3)cc2)cs1. The predicted molar refractivity (Wildman–Crippen MR) is 107 cm³/mol. The van der Waals surface area contributed by atoms with Gasteiger partial charge < -0.3 is 20.9 Å². The van der Waals surface area contributed by atoms with Crippen molar-refractivity contribution < 1.29 is 9.59 Å². The van der Waals surface area contributed by atoms with Gasteiger partial charge in [0.2, 0.25) is 0 Å². The maximum absolute atomic E-state index is 12.4. The normalized spacial score (nSPS) is 14.3. The van der Waals surface area contributed by atoms with Gasteiger partial charge in [0.05, 0.1) is 23.3 Å². The highest BCUT2D eigenvalue weighted by Crippen LogP contribution is 2.20. The van der Waals surface area contributed by atoms with Crippen LogP contribution in [-0.2, 0) is 6.54 Å². The van der Waals surface area contributed by atoms with Gasteiger partial charge in [-0.15, -0.1) is 11.3 Å². The van der Waals surface area contributed by atoms with Crippen molar-refractivity contribution in [2.75, 3.05) is 12.4 Å². The number of carbonyl (C=O) groups is 2. The van der Waals surface area contributed by atoms with Gasteiger partial charge in [-0.25, -0.2) is 14.6 Å². The fourth-order valence-electron chi connectivity index (χ4n) is 2.61. The van der Waals surface area contributed by atoms with Crippen LogP contribution in [0.15, 0.2) is 29.6 Å². The summed E-state index contributed by atoms with van der Waals surface area (Å²) in [6.07, 6.45) is 2.11. The molecule has 1 unspecified atom stereocenters. The highest BCUT2D eigenvalue weighted by Gasteiger charge is 2.23. The minimum Gasteiger partial charge on any atom is -0.335 e. The van der Waals surface area contributed by atoms with Gasteiger partial charge in [0.1, 0.15) is 0 Å². The van der Waals surface area contributed by atoms with E-state index in [4.69, 9.17) is 0 Å². The zero-order chi connectivity index (χ0) is 19.4. The lowest BCUT2D eigenvalue weighted by molar-refractivity contribution is 0.203. The van der Waals surface area contributed by atoms with Crippen molar-refractivity contribution in [3.8, 4) is 0 Å². The van der Waals surface area contributed by atoms with Crippen LogP contribution in [0.3, 0.4) is 0 Å². The molecule has 0 radical (unpaired) electrons. The Morgan fingerprint density at radius 2 is 2.00 bits per heavy atom. The Morgan fingerprint density at radius 3 is 2.59 bits per heavy atom. The largest absolute Gasteiger partial charge is 0.335 e. The van der Waals surface area contributed by atoms with Crippen LogP contribution in [-0.4, -0.2) is 35.0 Å². The Morgan fingerprint density at radius 1 is 1.30 bits per heavy atom. The zero-order valence-electron chi connectivity index (χ0n) is 15.8. The third kappa shape index (κ3) is 5.68. The predicted octanol–water partition coefficient (Wildman–Crippen LogP) is 3.64. The third-order valence-corrected chi connectivity index (χ3v) is 5.16. The van der Waals surface area contributed by atoms with Crippen LogP contribution in [0.2, 0.25) is 0 Å². The van der Waals surface area contributed by atoms with E-state index in [1.165, 1.54) is 0 Å². The molecular formula is C19H25N5O2S. The summed E-state index contributed by atoms with van der Waals surface area (Å²) in [5.74, 6) is 0. The zero-order valence-corrected chi connectivity index (χ0v) is 16.6. The maximum Gasteiger partial charge on any atom is 0.319 e. The summed E-state index contributed by atoms with van der Waals surface area (Å²) in [4.78, 5) is 30.1. The van der Waals surface area contributed by atoms with Crippen LogP contribution >= 0.6 is 11.3 Å². The van der Waals surface area contributed by atoms with E-state index >= 15 is 0 Å². The van der Waals surface area contributed by atoms with Crippen LogP contribution in [0.4, 0.5) is 15.3 Å². The molecule has 0 bridgehead atoms. The minimum atomic E-state index is -0.175. The maximum atomic E-state index is 12.4. The standard InChI is InChI=1S/C19H25N5O2S/c1-12(20-19(26)24(3)10-17-11-27-13(2)21-17)14-4-6-15(7-5-14)22-18(25)23-16-8-9-16/h4-7,11-12,16H,8-10H2,1-3H3,(H,20,26)(H2,22,23,25). The Hall–Kier alpha value is -2.61. The van der Waals surface area contributed by atoms with Crippen LogP contribution in [0.25, 0.3) is 0 Å². The number of carbonyl (C=O) groups excluding carboxylic acids is 2. The average Bonchev–Trinajstić information content (AvgIpc) is 3.34. The molecule has 0 saturated heterocycles. The first kappa shape index (κ1) is 19.2. The van der Waals surface area contributed by atoms with E-state index in [0.29, 0.717) is 12.6 Å². The van der Waals surface area contributed by atoms with E-state index in [2.05, 4.69) is 20.9 Å². The van der Waals surface area contributed by atoms with E-state index in [1.54, 1.807) is 23.3 Å². The second-order valence-electron chi connectivity index (χ2n) is 6.88. The first-order valence-electron chi connectivity index (χ1n) is 9.01. The number of hydrogen-bond acceptors (Lipinski definition) is 4. The van der Waals surface area contributed by atoms with Gasteiger partial charge in [0.25, 0.3) is 0 Å². The lowest BCUT2D eigenvalue weighted by Crippen LogP contribution is -2.38. The number of anilines is 1. The second kappa shape index (κ2) is 8.39. The molecule has 8 heteroatoms. The molecule has 1 saturated carbocycles. The second-order valence-corrected chi connectivity index (χ2v) is 7.94. The molecule has 1 aliphatic carbocycles. The lowest BCUT2D eigenvalue weighted by Gasteiger charge is -2.21. The van der Waals surface area contributed by atoms with Crippen LogP contribution < -0.4 is 16.0 Å². The summed E-state index contributed by atoms with van der Waals surface area (Å²) in [7, 11) is 1.75. The number of aryl methyl sites for hydroxylation is 1. The smallest absolute Gasteiger partial charge is 0.319 e. The molecule has 1 aliphatic rings. The number of rotatable bonds is 6. The van der Waals surface area contributed by atoms with E-state index in [-0.39, 0.29) is 18.1 Å². The quantitative estimate of drug-likeness (QED) is 0.707. The Bertz CT molecular complexity index is 801. The number of benzene rings is 1. The topological polar surface area (TPSA) is 86.4 Å². The van der Waals surface area contributed by atoms with Crippen molar-refractivity contribution in [3.63, 3.8) is 0 Å². The van der Waals surface area contributed by atoms with Gasteiger partial charge in [-0.3, -0.25) is 0 Å². The monoisotopic (exact) mass is 387 g/mol. The van der Waals surface area contributed by atoms with E-state index < -0.39 is 0 Å². The lowest BCUT2D eigenvalue weighted by atomic mass is 10.1. The molecule has 3 N–H and O–H groups in total. The fraction of sp³-hybridized carbons (Fsp3) is 0.421. The van der Waals surface area contributed by atoms with Crippen LogP contribution in [0.1, 0.15) is 42.1 Å². The molecule has 1 aromatic heterocycles. The highest BCUT2D eigenvalue weighted by atomic mass is 32.1. The highest BCUT2D eigenvalue weighted by molar-refractivity contribution is 7.09.